The Morgan fingerprint density at radius 1 is 0.452 bits per heavy atom. The number of unbranched alkanes of at least 4 members (excludes halogenated alkanes) is 31. The molecule has 0 radical (unpaired) electrons. The van der Waals surface area contributed by atoms with Gasteiger partial charge in [-0.2, -0.15) is 0 Å². The highest BCUT2D eigenvalue weighted by atomic mass is 16.7. The average Bonchev–Trinajstić information content (AvgIpc) is 3.39. The second-order valence-electron chi connectivity index (χ2n) is 21.2. The molecule has 2 heterocycles. The molecule has 430 valence electrons. The molecule has 11 atom stereocenters. The minimum atomic E-state index is -1.71. The van der Waals surface area contributed by atoms with Crippen LogP contribution in [0.3, 0.4) is 0 Å². The van der Waals surface area contributed by atoms with Gasteiger partial charge in [-0.25, -0.2) is 0 Å². The van der Waals surface area contributed by atoms with E-state index in [1.165, 1.54) is 161 Å². The number of esters is 1. The summed E-state index contributed by atoms with van der Waals surface area (Å²) in [5.41, 5.74) is 0. The number of rotatable bonds is 49. The normalized spacial score (nSPS) is 25.1. The average molecular weight is 1040 g/mol. The molecule has 0 bridgehead atoms. The zero-order chi connectivity index (χ0) is 53.0. The van der Waals surface area contributed by atoms with Gasteiger partial charge in [0.15, 0.2) is 12.6 Å². The minimum absolute atomic E-state index is 0.0586. The van der Waals surface area contributed by atoms with Crippen LogP contribution in [0.15, 0.2) is 24.3 Å². The fourth-order valence-electron chi connectivity index (χ4n) is 9.61. The smallest absolute Gasteiger partial charge is 0.306 e. The molecule has 2 aliphatic heterocycles. The number of hydrogen-bond acceptors (Lipinski definition) is 14. The zero-order valence-electron chi connectivity index (χ0n) is 46.1. The first kappa shape index (κ1) is 67.6. The Morgan fingerprint density at radius 3 is 1.34 bits per heavy atom. The van der Waals surface area contributed by atoms with Crippen LogP contribution < -0.4 is 0 Å². The third-order valence-electron chi connectivity index (χ3n) is 14.5. The molecule has 14 heteroatoms. The van der Waals surface area contributed by atoms with Crippen LogP contribution in [0.25, 0.3) is 0 Å². The van der Waals surface area contributed by atoms with Crippen molar-refractivity contribution in [2.75, 3.05) is 33.0 Å². The largest absolute Gasteiger partial charge is 0.457 e. The van der Waals surface area contributed by atoms with Crippen LogP contribution in [0, 0.1) is 0 Å². The molecule has 0 amide bonds. The molecule has 2 rings (SSSR count). The maximum atomic E-state index is 13.1. The molecule has 0 aromatic carbocycles. The molecule has 0 aromatic rings. The highest BCUT2D eigenvalue weighted by molar-refractivity contribution is 5.69. The van der Waals surface area contributed by atoms with E-state index in [1.807, 2.05) is 0 Å². The Labute approximate surface area is 443 Å². The van der Waals surface area contributed by atoms with Crippen molar-refractivity contribution in [2.24, 2.45) is 0 Å². The minimum Gasteiger partial charge on any atom is -0.457 e. The van der Waals surface area contributed by atoms with Crippen LogP contribution in [-0.4, -0.2) is 142 Å². The SMILES string of the molecule is CCCCC/C=C\C/C=C\CCCCCCCCOCC(COC1OC(COC2OC(CO)C(O)C(O)C2O)C(O)C(O)C1O)OC(=O)CCCCCCCCCCCCCCCCCCCCCCCCC. The van der Waals surface area contributed by atoms with Crippen molar-refractivity contribution < 1.29 is 69.0 Å². The predicted molar refractivity (Wildman–Crippen MR) is 289 cm³/mol. The fraction of sp³-hybridized carbons (Fsp3) is 0.915. The first-order chi connectivity index (χ1) is 35.6. The van der Waals surface area contributed by atoms with Gasteiger partial charge in [0, 0.05) is 13.0 Å². The maximum absolute atomic E-state index is 13.1. The Balaban J connectivity index is 1.69. The van der Waals surface area contributed by atoms with Crippen molar-refractivity contribution in [3.63, 3.8) is 0 Å². The van der Waals surface area contributed by atoms with Gasteiger partial charge in [0.1, 0.15) is 54.9 Å². The highest BCUT2D eigenvalue weighted by Gasteiger charge is 2.47. The summed E-state index contributed by atoms with van der Waals surface area (Å²) >= 11 is 0. The molecule has 11 unspecified atom stereocenters. The number of ether oxygens (including phenoxy) is 6. The lowest BCUT2D eigenvalue weighted by Gasteiger charge is -2.42. The molecular formula is C59H110O14. The monoisotopic (exact) mass is 1040 g/mol. The summed E-state index contributed by atoms with van der Waals surface area (Å²) in [7, 11) is 0. The van der Waals surface area contributed by atoms with Gasteiger partial charge in [0.25, 0.3) is 0 Å². The van der Waals surface area contributed by atoms with Crippen LogP contribution in [0.1, 0.15) is 245 Å². The number of hydrogen-bond donors (Lipinski definition) is 7. The van der Waals surface area contributed by atoms with Crippen LogP contribution in [0.4, 0.5) is 0 Å². The topological polar surface area (TPSA) is 214 Å². The van der Waals surface area contributed by atoms with Crippen molar-refractivity contribution in [3.8, 4) is 0 Å². The summed E-state index contributed by atoms with van der Waals surface area (Å²) in [6.07, 6.45) is 36.7. The van der Waals surface area contributed by atoms with E-state index in [2.05, 4.69) is 38.2 Å². The molecule has 0 aromatic heterocycles. The predicted octanol–water partition coefficient (Wildman–Crippen LogP) is 10.8. The summed E-state index contributed by atoms with van der Waals surface area (Å²) in [6, 6.07) is 0. The number of aliphatic hydroxyl groups excluding tert-OH is 7. The van der Waals surface area contributed by atoms with E-state index in [0.29, 0.717) is 13.0 Å². The maximum Gasteiger partial charge on any atom is 0.306 e. The Kier molecular flexibility index (Phi) is 43.1. The molecule has 14 nitrogen and oxygen atoms in total. The van der Waals surface area contributed by atoms with Gasteiger partial charge in [-0.05, 0) is 44.9 Å². The summed E-state index contributed by atoms with van der Waals surface area (Å²) in [5, 5.41) is 72.3. The van der Waals surface area contributed by atoms with Crippen LogP contribution in [-0.2, 0) is 33.2 Å². The van der Waals surface area contributed by atoms with Gasteiger partial charge in [-0.1, -0.05) is 218 Å². The molecule has 7 N–H and O–H groups in total. The van der Waals surface area contributed by atoms with Crippen LogP contribution in [0.2, 0.25) is 0 Å². The second-order valence-corrected chi connectivity index (χ2v) is 21.2. The highest BCUT2D eigenvalue weighted by Crippen LogP contribution is 2.27. The van der Waals surface area contributed by atoms with Gasteiger partial charge >= 0.3 is 5.97 Å². The third kappa shape index (κ3) is 33.4. The van der Waals surface area contributed by atoms with E-state index >= 15 is 0 Å². The first-order valence-corrected chi connectivity index (χ1v) is 29.9. The number of allylic oxidation sites excluding steroid dienone is 4. The fourth-order valence-corrected chi connectivity index (χ4v) is 9.61. The van der Waals surface area contributed by atoms with Crippen molar-refractivity contribution >= 4 is 5.97 Å². The number of aliphatic hydroxyl groups is 7. The summed E-state index contributed by atoms with van der Waals surface area (Å²) < 4.78 is 34.4. The van der Waals surface area contributed by atoms with Crippen molar-refractivity contribution in [1.82, 2.24) is 0 Å². The van der Waals surface area contributed by atoms with Crippen molar-refractivity contribution in [2.45, 2.75) is 313 Å². The Hall–Kier alpha value is -1.53. The lowest BCUT2D eigenvalue weighted by atomic mass is 9.98. The first-order valence-electron chi connectivity index (χ1n) is 29.9. The summed E-state index contributed by atoms with van der Waals surface area (Å²) in [4.78, 5) is 13.1. The Bertz CT molecular complexity index is 1300. The standard InChI is InChI=1S/C59H110O14/c1-3-5-7-9-11-13-15-17-19-21-22-23-24-25-26-27-28-30-32-34-36-38-40-42-51(61)71-48(45-68-43-41-39-37-35-33-31-29-20-18-16-14-12-10-8-6-4-2)46-69-58-57(67)55(65)53(63)50(73-58)47-70-59-56(66)54(64)52(62)49(44-60)72-59/h12,14,18,20,48-50,52-60,62-67H,3-11,13,15-17,19,21-47H2,1-2H3/b14-12-,20-18-. The van der Waals surface area contributed by atoms with Gasteiger partial charge in [0.2, 0.25) is 0 Å². The zero-order valence-corrected chi connectivity index (χ0v) is 46.1. The molecule has 2 aliphatic rings. The van der Waals surface area contributed by atoms with Gasteiger partial charge in [-0.3, -0.25) is 4.79 Å². The van der Waals surface area contributed by atoms with E-state index < -0.39 is 80.7 Å². The second kappa shape index (κ2) is 46.6. The number of carbonyl (C=O) groups excluding carboxylic acids is 1. The van der Waals surface area contributed by atoms with Crippen molar-refractivity contribution in [1.29, 1.82) is 0 Å². The molecule has 73 heavy (non-hydrogen) atoms. The van der Waals surface area contributed by atoms with Crippen molar-refractivity contribution in [3.05, 3.63) is 24.3 Å². The van der Waals surface area contributed by atoms with E-state index in [4.69, 9.17) is 28.4 Å². The molecule has 0 aliphatic carbocycles. The summed E-state index contributed by atoms with van der Waals surface area (Å²) in [6.45, 7) is 3.69. The molecule has 2 fully saturated rings. The van der Waals surface area contributed by atoms with Crippen LogP contribution in [0.5, 0.6) is 0 Å². The number of carbonyl (C=O) groups is 1. The lowest BCUT2D eigenvalue weighted by molar-refractivity contribution is -0.332. The quantitative estimate of drug-likeness (QED) is 0.0172. The van der Waals surface area contributed by atoms with E-state index in [0.717, 1.165) is 57.8 Å². The van der Waals surface area contributed by atoms with E-state index in [1.54, 1.807) is 0 Å². The lowest BCUT2D eigenvalue weighted by Crippen LogP contribution is -2.61. The Morgan fingerprint density at radius 2 is 0.849 bits per heavy atom. The summed E-state index contributed by atoms with van der Waals surface area (Å²) in [5.74, 6) is -0.374. The molecule has 0 spiro atoms. The van der Waals surface area contributed by atoms with E-state index in [9.17, 15) is 40.5 Å². The van der Waals surface area contributed by atoms with Gasteiger partial charge in [0.05, 0.1) is 26.4 Å². The van der Waals surface area contributed by atoms with Gasteiger partial charge < -0.3 is 64.2 Å². The van der Waals surface area contributed by atoms with Crippen LogP contribution >= 0.6 is 0 Å². The molecule has 0 saturated carbocycles. The third-order valence-corrected chi connectivity index (χ3v) is 14.5. The molecular weight excluding hydrogens is 933 g/mol. The van der Waals surface area contributed by atoms with E-state index in [-0.39, 0.29) is 25.6 Å². The van der Waals surface area contributed by atoms with Gasteiger partial charge in [-0.15, -0.1) is 0 Å². The molecule has 2 saturated heterocycles.